The number of rotatable bonds is 3. The van der Waals surface area contributed by atoms with Crippen molar-refractivity contribution in [2.45, 2.75) is 44.9 Å². The summed E-state index contributed by atoms with van der Waals surface area (Å²) in [5.74, 6) is 0.764. The molecule has 1 aliphatic rings. The van der Waals surface area contributed by atoms with Gasteiger partial charge in [-0.25, -0.2) is 0 Å². The van der Waals surface area contributed by atoms with Gasteiger partial charge in [0, 0.05) is 12.0 Å². The summed E-state index contributed by atoms with van der Waals surface area (Å²) in [5.41, 5.74) is 9.96. The minimum atomic E-state index is 0.129. The van der Waals surface area contributed by atoms with Crippen molar-refractivity contribution in [2.75, 3.05) is 13.7 Å². The third-order valence-corrected chi connectivity index (χ3v) is 4.83. The monoisotopic (exact) mass is 267 g/mol. The summed E-state index contributed by atoms with van der Waals surface area (Å²) < 4.78 is 5.33. The molecule has 0 saturated heterocycles. The predicted octanol–water partition coefficient (Wildman–Crippen LogP) is 3.74. The lowest BCUT2D eigenvalue weighted by atomic mass is 9.75. The van der Waals surface area contributed by atoms with Gasteiger partial charge in [-0.3, -0.25) is 0 Å². The fourth-order valence-electron chi connectivity index (χ4n) is 3.49. The van der Waals surface area contributed by atoms with Gasteiger partial charge in [-0.2, -0.15) is 0 Å². The minimum absolute atomic E-state index is 0.129. The quantitative estimate of drug-likeness (QED) is 0.906. The Labute approximate surface area is 114 Å². The number of aryl methyl sites for hydroxylation is 1. The van der Waals surface area contributed by atoms with E-state index in [0.29, 0.717) is 6.54 Å². The van der Waals surface area contributed by atoms with Crippen molar-refractivity contribution in [3.8, 4) is 5.75 Å². The van der Waals surface area contributed by atoms with E-state index in [-0.39, 0.29) is 5.41 Å². The first-order valence-corrected chi connectivity index (χ1v) is 6.98. The van der Waals surface area contributed by atoms with Crippen molar-refractivity contribution in [3.05, 3.63) is 27.8 Å². The van der Waals surface area contributed by atoms with Gasteiger partial charge in [0.1, 0.15) is 5.75 Å². The van der Waals surface area contributed by atoms with Crippen LogP contribution in [0.5, 0.6) is 5.75 Å². The van der Waals surface area contributed by atoms with Crippen LogP contribution in [0, 0.1) is 13.8 Å². The second-order valence-electron chi connectivity index (χ2n) is 5.40. The zero-order chi connectivity index (χ0) is 13.3. The summed E-state index contributed by atoms with van der Waals surface area (Å²) in [7, 11) is 1.66. The maximum Gasteiger partial charge on any atom is 0.138 e. The molecule has 0 amide bonds. The van der Waals surface area contributed by atoms with E-state index in [9.17, 15) is 0 Å². The van der Waals surface area contributed by atoms with E-state index < -0.39 is 0 Å². The van der Waals surface area contributed by atoms with Crippen LogP contribution in [0.15, 0.2) is 6.07 Å². The van der Waals surface area contributed by atoms with Crippen LogP contribution in [0.3, 0.4) is 0 Å². The summed E-state index contributed by atoms with van der Waals surface area (Å²) in [6.45, 7) is 4.93. The van der Waals surface area contributed by atoms with Gasteiger partial charge >= 0.3 is 0 Å². The molecule has 2 nitrogen and oxygen atoms in total. The maximum absolute atomic E-state index is 6.40. The number of halogens is 1. The first kappa shape index (κ1) is 13.7. The molecule has 0 bridgehead atoms. The van der Waals surface area contributed by atoms with Gasteiger partial charge in [0.25, 0.3) is 0 Å². The third kappa shape index (κ3) is 2.02. The molecule has 0 atom stereocenters. The Morgan fingerprint density at radius 1 is 1.33 bits per heavy atom. The van der Waals surface area contributed by atoms with Crippen molar-refractivity contribution in [3.63, 3.8) is 0 Å². The number of methoxy groups -OCH3 is 1. The summed E-state index contributed by atoms with van der Waals surface area (Å²) in [6.07, 6.45) is 4.88. The normalized spacial score (nSPS) is 18.1. The Morgan fingerprint density at radius 2 is 1.94 bits per heavy atom. The van der Waals surface area contributed by atoms with Gasteiger partial charge in [0.05, 0.1) is 12.1 Å². The van der Waals surface area contributed by atoms with E-state index in [1.807, 2.05) is 6.07 Å². The molecule has 0 heterocycles. The average Bonchev–Trinajstić information content (AvgIpc) is 2.83. The summed E-state index contributed by atoms with van der Waals surface area (Å²) >= 11 is 6.40. The number of nitrogens with two attached hydrogens (primary N) is 1. The van der Waals surface area contributed by atoms with Crippen LogP contribution >= 0.6 is 11.6 Å². The molecule has 0 unspecified atom stereocenters. The average molecular weight is 268 g/mol. The Morgan fingerprint density at radius 3 is 2.44 bits per heavy atom. The first-order valence-electron chi connectivity index (χ1n) is 6.60. The molecular weight excluding hydrogens is 246 g/mol. The summed E-state index contributed by atoms with van der Waals surface area (Å²) in [5, 5.41) is 0.734. The Hall–Kier alpha value is -0.730. The van der Waals surface area contributed by atoms with Crippen LogP contribution < -0.4 is 10.5 Å². The molecule has 0 spiro atoms. The fraction of sp³-hybridized carbons (Fsp3) is 0.600. The van der Waals surface area contributed by atoms with E-state index in [1.165, 1.54) is 36.8 Å². The van der Waals surface area contributed by atoms with Crippen molar-refractivity contribution in [1.82, 2.24) is 0 Å². The lowest BCUT2D eigenvalue weighted by Crippen LogP contribution is -2.33. The van der Waals surface area contributed by atoms with Gasteiger partial charge in [0.2, 0.25) is 0 Å². The highest BCUT2D eigenvalue weighted by Gasteiger charge is 2.37. The van der Waals surface area contributed by atoms with E-state index in [0.717, 1.165) is 16.3 Å². The van der Waals surface area contributed by atoms with Crippen molar-refractivity contribution < 1.29 is 4.74 Å². The van der Waals surface area contributed by atoms with E-state index >= 15 is 0 Å². The van der Waals surface area contributed by atoms with Crippen LogP contribution in [0.2, 0.25) is 5.02 Å². The van der Waals surface area contributed by atoms with Crippen LogP contribution in [0.25, 0.3) is 0 Å². The zero-order valence-corrected chi connectivity index (χ0v) is 12.2. The van der Waals surface area contributed by atoms with Crippen molar-refractivity contribution in [2.24, 2.45) is 5.73 Å². The summed E-state index contributed by atoms with van der Waals surface area (Å²) in [6, 6.07) is 2.04. The Bertz CT molecular complexity index is 450. The van der Waals surface area contributed by atoms with Gasteiger partial charge in [-0.15, -0.1) is 0 Å². The van der Waals surface area contributed by atoms with Crippen molar-refractivity contribution in [1.29, 1.82) is 0 Å². The standard InChI is InChI=1S/C15H22ClNO/c1-10-8-12(18-3)14(16)11(2)13(10)15(9-17)6-4-5-7-15/h8H,4-7,9,17H2,1-3H3. The third-order valence-electron chi connectivity index (χ3n) is 4.36. The largest absolute Gasteiger partial charge is 0.495 e. The lowest BCUT2D eigenvalue weighted by molar-refractivity contribution is 0.411. The Balaban J connectivity index is 2.60. The molecule has 1 saturated carbocycles. The predicted molar refractivity (Wildman–Crippen MR) is 76.7 cm³/mol. The molecule has 100 valence electrons. The maximum atomic E-state index is 6.40. The lowest BCUT2D eigenvalue weighted by Gasteiger charge is -2.32. The number of ether oxygens (including phenoxy) is 1. The fourth-order valence-corrected chi connectivity index (χ4v) is 3.72. The topological polar surface area (TPSA) is 35.2 Å². The SMILES string of the molecule is COc1cc(C)c(C2(CN)CCCC2)c(C)c1Cl. The van der Waals surface area contributed by atoms with Crippen molar-refractivity contribution >= 4 is 11.6 Å². The molecule has 2 rings (SSSR count). The van der Waals surface area contributed by atoms with Gasteiger partial charge in [-0.1, -0.05) is 24.4 Å². The molecule has 18 heavy (non-hydrogen) atoms. The van der Waals surface area contributed by atoms with Gasteiger partial charge in [0.15, 0.2) is 0 Å². The molecule has 0 radical (unpaired) electrons. The smallest absolute Gasteiger partial charge is 0.138 e. The molecule has 3 heteroatoms. The number of hydrogen-bond acceptors (Lipinski definition) is 2. The number of benzene rings is 1. The van der Waals surface area contributed by atoms with E-state index in [4.69, 9.17) is 22.1 Å². The molecule has 1 aromatic rings. The molecule has 2 N–H and O–H groups in total. The Kier molecular flexibility index (Phi) is 3.88. The molecule has 1 aromatic carbocycles. The van der Waals surface area contributed by atoms with Crippen LogP contribution in [0.1, 0.15) is 42.4 Å². The first-order chi connectivity index (χ1) is 8.55. The molecule has 1 fully saturated rings. The zero-order valence-electron chi connectivity index (χ0n) is 11.5. The van der Waals surface area contributed by atoms with E-state index in [1.54, 1.807) is 7.11 Å². The van der Waals surface area contributed by atoms with E-state index in [2.05, 4.69) is 13.8 Å². The van der Waals surface area contributed by atoms with Gasteiger partial charge in [-0.05, 0) is 49.4 Å². The highest BCUT2D eigenvalue weighted by atomic mass is 35.5. The minimum Gasteiger partial charge on any atom is -0.495 e. The molecule has 0 aromatic heterocycles. The second kappa shape index (κ2) is 5.10. The molecule has 1 aliphatic carbocycles. The highest BCUT2D eigenvalue weighted by Crippen LogP contribution is 2.46. The second-order valence-corrected chi connectivity index (χ2v) is 5.78. The summed E-state index contributed by atoms with van der Waals surface area (Å²) in [4.78, 5) is 0. The number of hydrogen-bond donors (Lipinski definition) is 1. The van der Waals surface area contributed by atoms with Crippen LogP contribution in [-0.4, -0.2) is 13.7 Å². The highest BCUT2D eigenvalue weighted by molar-refractivity contribution is 6.33. The van der Waals surface area contributed by atoms with Crippen LogP contribution in [0.4, 0.5) is 0 Å². The van der Waals surface area contributed by atoms with Gasteiger partial charge < -0.3 is 10.5 Å². The molecule has 0 aliphatic heterocycles. The molecular formula is C15H22ClNO. The van der Waals surface area contributed by atoms with Crippen LogP contribution in [-0.2, 0) is 5.41 Å².